The maximum atomic E-state index is 12.6. The third-order valence-electron chi connectivity index (χ3n) is 3.93. The van der Waals surface area contributed by atoms with Crippen LogP contribution in [-0.4, -0.2) is 11.6 Å². The summed E-state index contributed by atoms with van der Waals surface area (Å²) in [6, 6.07) is 23.5. The molecule has 0 bridgehead atoms. The molecule has 0 spiro atoms. The van der Waals surface area contributed by atoms with Crippen molar-refractivity contribution in [3.05, 3.63) is 83.9 Å². The molecule has 0 saturated heterocycles. The topological polar surface area (TPSA) is 41.5 Å². The first-order valence-electron chi connectivity index (χ1n) is 8.08. The lowest BCUT2D eigenvalue weighted by Gasteiger charge is -2.11. The van der Waals surface area contributed by atoms with Crippen molar-refractivity contribution in [1.82, 2.24) is 5.43 Å². The Morgan fingerprint density at radius 1 is 0.875 bits per heavy atom. The Bertz CT molecular complexity index is 877. The van der Waals surface area contributed by atoms with Crippen molar-refractivity contribution in [1.29, 1.82) is 0 Å². The van der Waals surface area contributed by atoms with Gasteiger partial charge in [-0.2, -0.15) is 5.10 Å². The van der Waals surface area contributed by atoms with Gasteiger partial charge in [0.1, 0.15) is 0 Å². The monoisotopic (exact) mass is 316 g/mol. The summed E-state index contributed by atoms with van der Waals surface area (Å²) in [5.41, 5.74) is 5.24. The maximum absolute atomic E-state index is 12.6. The van der Waals surface area contributed by atoms with E-state index in [0.717, 1.165) is 22.0 Å². The molecular formula is C21H20N2O. The normalized spacial score (nSPS) is 11.7. The molecule has 1 N–H and O–H groups in total. The summed E-state index contributed by atoms with van der Waals surface area (Å²) in [5.74, 6) is 0.0149. The Morgan fingerprint density at radius 2 is 1.54 bits per heavy atom. The number of hydrogen-bond donors (Lipinski definition) is 1. The number of nitrogens with zero attached hydrogens (tertiary/aromatic N) is 1. The van der Waals surface area contributed by atoms with Gasteiger partial charge in [-0.15, -0.1) is 0 Å². The zero-order chi connectivity index (χ0) is 16.9. The van der Waals surface area contributed by atoms with E-state index in [-0.39, 0.29) is 11.8 Å². The van der Waals surface area contributed by atoms with Crippen molar-refractivity contribution >= 4 is 22.4 Å². The van der Waals surface area contributed by atoms with Gasteiger partial charge >= 0.3 is 0 Å². The SMILES string of the molecule is CC(C)/C(=N\NC(=O)c1cccc2ccccc12)c1ccccc1. The molecule has 0 saturated carbocycles. The molecule has 0 aromatic heterocycles. The minimum Gasteiger partial charge on any atom is -0.267 e. The zero-order valence-corrected chi connectivity index (χ0v) is 13.9. The Morgan fingerprint density at radius 3 is 2.29 bits per heavy atom. The van der Waals surface area contributed by atoms with Crippen LogP contribution in [0.4, 0.5) is 0 Å². The fourth-order valence-electron chi connectivity index (χ4n) is 2.73. The summed E-state index contributed by atoms with van der Waals surface area (Å²) >= 11 is 0. The van der Waals surface area contributed by atoms with Gasteiger partial charge in [-0.05, 0) is 28.3 Å². The molecule has 3 heteroatoms. The minimum absolute atomic E-state index is 0.194. The van der Waals surface area contributed by atoms with Gasteiger partial charge < -0.3 is 0 Å². The molecule has 1 amide bonds. The summed E-state index contributed by atoms with van der Waals surface area (Å²) in [6.45, 7) is 4.13. The molecule has 0 fully saturated rings. The van der Waals surface area contributed by atoms with Gasteiger partial charge in [0.15, 0.2) is 0 Å². The van der Waals surface area contributed by atoms with E-state index >= 15 is 0 Å². The van der Waals surface area contributed by atoms with E-state index in [2.05, 4.69) is 24.4 Å². The lowest BCUT2D eigenvalue weighted by atomic mass is 10.0. The van der Waals surface area contributed by atoms with Crippen molar-refractivity contribution < 1.29 is 4.79 Å². The van der Waals surface area contributed by atoms with Crippen molar-refractivity contribution in [2.75, 3.05) is 0 Å². The molecule has 0 radical (unpaired) electrons. The number of fused-ring (bicyclic) bond motifs is 1. The molecule has 0 aliphatic rings. The molecule has 3 nitrogen and oxygen atoms in total. The van der Waals surface area contributed by atoms with Gasteiger partial charge in [0.2, 0.25) is 0 Å². The van der Waals surface area contributed by atoms with Crippen LogP contribution in [0.25, 0.3) is 10.8 Å². The molecule has 0 heterocycles. The Hall–Kier alpha value is -2.94. The lowest BCUT2D eigenvalue weighted by molar-refractivity contribution is 0.0956. The second kappa shape index (κ2) is 7.09. The van der Waals surface area contributed by atoms with Crippen molar-refractivity contribution in [2.24, 2.45) is 11.0 Å². The molecule has 120 valence electrons. The Balaban J connectivity index is 1.90. The molecule has 3 rings (SSSR count). The van der Waals surface area contributed by atoms with E-state index in [1.807, 2.05) is 72.8 Å². The highest BCUT2D eigenvalue weighted by molar-refractivity contribution is 6.08. The molecule has 0 aliphatic heterocycles. The van der Waals surface area contributed by atoms with Crippen LogP contribution in [0, 0.1) is 5.92 Å². The molecule has 3 aromatic carbocycles. The van der Waals surface area contributed by atoms with E-state index in [1.165, 1.54) is 0 Å². The summed E-state index contributed by atoms with van der Waals surface area (Å²) < 4.78 is 0. The van der Waals surface area contributed by atoms with Gasteiger partial charge in [-0.25, -0.2) is 5.43 Å². The van der Waals surface area contributed by atoms with E-state index in [0.29, 0.717) is 5.56 Å². The van der Waals surface area contributed by atoms with Crippen molar-refractivity contribution in [3.8, 4) is 0 Å². The number of benzene rings is 3. The van der Waals surface area contributed by atoms with Crippen LogP contribution in [-0.2, 0) is 0 Å². The quantitative estimate of drug-likeness (QED) is 0.553. The van der Waals surface area contributed by atoms with Gasteiger partial charge in [0.25, 0.3) is 5.91 Å². The molecule has 0 atom stereocenters. The standard InChI is InChI=1S/C21H20N2O/c1-15(2)20(17-10-4-3-5-11-17)22-23-21(24)19-14-8-12-16-9-6-7-13-18(16)19/h3-15H,1-2H3,(H,23,24)/b22-20+. The predicted molar refractivity (Wildman–Crippen MR) is 99.2 cm³/mol. The summed E-state index contributed by atoms with van der Waals surface area (Å²) in [4.78, 5) is 12.6. The first kappa shape index (κ1) is 15.9. The zero-order valence-electron chi connectivity index (χ0n) is 13.9. The van der Waals surface area contributed by atoms with Crippen LogP contribution in [0.3, 0.4) is 0 Å². The number of hydrogen-bond acceptors (Lipinski definition) is 2. The fourth-order valence-corrected chi connectivity index (χ4v) is 2.73. The fraction of sp³-hybridized carbons (Fsp3) is 0.143. The lowest BCUT2D eigenvalue weighted by Crippen LogP contribution is -2.22. The third kappa shape index (κ3) is 3.35. The third-order valence-corrected chi connectivity index (χ3v) is 3.93. The van der Waals surface area contributed by atoms with Crippen molar-refractivity contribution in [3.63, 3.8) is 0 Å². The second-order valence-corrected chi connectivity index (χ2v) is 5.99. The number of amides is 1. The first-order chi connectivity index (χ1) is 11.7. The number of nitrogens with one attached hydrogen (secondary N) is 1. The van der Waals surface area contributed by atoms with E-state index in [1.54, 1.807) is 0 Å². The largest absolute Gasteiger partial charge is 0.272 e. The highest BCUT2D eigenvalue weighted by Gasteiger charge is 2.12. The maximum Gasteiger partial charge on any atom is 0.272 e. The molecule has 3 aromatic rings. The number of carbonyl (C=O) groups excluding carboxylic acids is 1. The van der Waals surface area contributed by atoms with E-state index < -0.39 is 0 Å². The van der Waals surface area contributed by atoms with Gasteiger partial charge in [0, 0.05) is 5.56 Å². The highest BCUT2D eigenvalue weighted by atomic mass is 16.2. The van der Waals surface area contributed by atoms with Gasteiger partial charge in [0.05, 0.1) is 5.71 Å². The van der Waals surface area contributed by atoms with Gasteiger partial charge in [-0.1, -0.05) is 80.6 Å². The van der Waals surface area contributed by atoms with Crippen LogP contribution in [0.1, 0.15) is 29.8 Å². The number of rotatable bonds is 4. The van der Waals surface area contributed by atoms with Crippen LogP contribution in [0.2, 0.25) is 0 Å². The predicted octanol–water partition coefficient (Wildman–Crippen LogP) is 4.63. The highest BCUT2D eigenvalue weighted by Crippen LogP contribution is 2.18. The molecular weight excluding hydrogens is 296 g/mol. The van der Waals surface area contributed by atoms with Crippen LogP contribution in [0.5, 0.6) is 0 Å². The van der Waals surface area contributed by atoms with Crippen LogP contribution >= 0.6 is 0 Å². The minimum atomic E-state index is -0.194. The first-order valence-corrected chi connectivity index (χ1v) is 8.08. The summed E-state index contributed by atoms with van der Waals surface area (Å²) in [7, 11) is 0. The Kier molecular flexibility index (Phi) is 4.71. The van der Waals surface area contributed by atoms with E-state index in [4.69, 9.17) is 0 Å². The van der Waals surface area contributed by atoms with Gasteiger partial charge in [-0.3, -0.25) is 4.79 Å². The smallest absolute Gasteiger partial charge is 0.267 e. The average molecular weight is 316 g/mol. The summed E-state index contributed by atoms with van der Waals surface area (Å²) in [5, 5.41) is 6.37. The summed E-state index contributed by atoms with van der Waals surface area (Å²) in [6.07, 6.45) is 0. The Labute approximate surface area is 142 Å². The van der Waals surface area contributed by atoms with Crippen LogP contribution in [0.15, 0.2) is 77.9 Å². The number of carbonyl (C=O) groups is 1. The van der Waals surface area contributed by atoms with E-state index in [9.17, 15) is 4.79 Å². The van der Waals surface area contributed by atoms with Crippen LogP contribution < -0.4 is 5.43 Å². The molecule has 24 heavy (non-hydrogen) atoms. The number of hydrazone groups is 1. The average Bonchev–Trinajstić information content (AvgIpc) is 2.62. The van der Waals surface area contributed by atoms with Crippen molar-refractivity contribution in [2.45, 2.75) is 13.8 Å². The molecule has 0 unspecified atom stereocenters. The second-order valence-electron chi connectivity index (χ2n) is 5.99. The molecule has 0 aliphatic carbocycles.